The van der Waals surface area contributed by atoms with Crippen molar-refractivity contribution in [1.29, 1.82) is 0 Å². The minimum Gasteiger partial charge on any atom is -0.207 e. The first kappa shape index (κ1) is 23.6. The molecule has 0 aliphatic heterocycles. The van der Waals surface area contributed by atoms with Gasteiger partial charge >= 0.3 is 0 Å². The molecule has 3 heteroatoms. The van der Waals surface area contributed by atoms with Gasteiger partial charge in [-0.1, -0.05) is 68.3 Å². The van der Waals surface area contributed by atoms with Crippen molar-refractivity contribution in [3.05, 3.63) is 94.3 Å². The summed E-state index contributed by atoms with van der Waals surface area (Å²) in [5.74, 6) is -0.767. The summed E-state index contributed by atoms with van der Waals surface area (Å²) in [5, 5.41) is 0. The van der Waals surface area contributed by atoms with Crippen molar-refractivity contribution < 1.29 is 13.2 Å². The summed E-state index contributed by atoms with van der Waals surface area (Å²) in [6.45, 7) is 4.08. The molecule has 0 saturated heterocycles. The van der Waals surface area contributed by atoms with E-state index >= 15 is 8.78 Å². The Morgan fingerprint density at radius 2 is 1.52 bits per heavy atom. The van der Waals surface area contributed by atoms with Crippen LogP contribution in [0.5, 0.6) is 0 Å². The highest BCUT2D eigenvalue weighted by Gasteiger charge is 2.26. The molecule has 0 amide bonds. The van der Waals surface area contributed by atoms with Gasteiger partial charge in [0.15, 0.2) is 11.6 Å². The fourth-order valence-corrected chi connectivity index (χ4v) is 5.26. The minimum atomic E-state index is -0.752. The lowest BCUT2D eigenvalue weighted by molar-refractivity contribution is 0.303. The van der Waals surface area contributed by atoms with E-state index in [9.17, 15) is 4.39 Å². The second-order valence-corrected chi connectivity index (χ2v) is 9.63. The molecule has 0 unspecified atom stereocenters. The summed E-state index contributed by atoms with van der Waals surface area (Å²) >= 11 is 0. The van der Waals surface area contributed by atoms with Crippen LogP contribution in [0.2, 0.25) is 0 Å². The van der Waals surface area contributed by atoms with Gasteiger partial charge in [0.1, 0.15) is 5.82 Å². The van der Waals surface area contributed by atoms with Crippen molar-refractivity contribution in [2.75, 3.05) is 0 Å². The van der Waals surface area contributed by atoms with E-state index in [0.717, 1.165) is 42.7 Å². The van der Waals surface area contributed by atoms with Crippen LogP contribution in [0.4, 0.5) is 13.2 Å². The Hall–Kier alpha value is -2.55. The quantitative estimate of drug-likeness (QED) is 0.337. The molecule has 1 saturated carbocycles. The lowest BCUT2D eigenvalue weighted by atomic mass is 9.77. The second kappa shape index (κ2) is 10.6. The van der Waals surface area contributed by atoms with Crippen LogP contribution in [-0.2, 0) is 12.8 Å². The minimum absolute atomic E-state index is 0.117. The molecule has 0 N–H and O–H groups in total. The highest BCUT2D eigenvalue weighted by molar-refractivity contribution is 5.65. The number of hydrogen-bond donors (Lipinski definition) is 0. The Morgan fingerprint density at radius 3 is 2.18 bits per heavy atom. The van der Waals surface area contributed by atoms with Gasteiger partial charge in [-0.25, -0.2) is 13.2 Å². The molecule has 0 aromatic heterocycles. The van der Waals surface area contributed by atoms with Crippen LogP contribution in [0.25, 0.3) is 11.1 Å². The molecule has 3 aromatic carbocycles. The monoisotopic (exact) mass is 450 g/mol. The van der Waals surface area contributed by atoms with Gasteiger partial charge in [-0.2, -0.15) is 0 Å². The van der Waals surface area contributed by atoms with Crippen molar-refractivity contribution in [3.63, 3.8) is 0 Å². The molecule has 0 atom stereocenters. The molecule has 0 radical (unpaired) electrons. The van der Waals surface area contributed by atoms with Gasteiger partial charge in [0, 0.05) is 5.56 Å². The highest BCUT2D eigenvalue weighted by Crippen LogP contribution is 2.40. The Balaban J connectivity index is 1.44. The summed E-state index contributed by atoms with van der Waals surface area (Å²) in [6, 6.07) is 16.3. The largest absolute Gasteiger partial charge is 0.207 e. The van der Waals surface area contributed by atoms with Gasteiger partial charge in [-0.3, -0.25) is 0 Å². The summed E-state index contributed by atoms with van der Waals surface area (Å²) in [6.07, 6.45) is 7.81. The van der Waals surface area contributed by atoms with Gasteiger partial charge in [0.25, 0.3) is 0 Å². The zero-order valence-electron chi connectivity index (χ0n) is 19.6. The molecule has 3 aromatic rings. The van der Waals surface area contributed by atoms with E-state index in [0.29, 0.717) is 35.1 Å². The Kier molecular flexibility index (Phi) is 7.57. The summed E-state index contributed by atoms with van der Waals surface area (Å²) in [4.78, 5) is 0. The average Bonchev–Trinajstić information content (AvgIpc) is 2.82. The molecular weight excluding hydrogens is 417 g/mol. The van der Waals surface area contributed by atoms with Crippen molar-refractivity contribution in [3.8, 4) is 11.1 Å². The van der Waals surface area contributed by atoms with E-state index in [1.807, 2.05) is 43.3 Å². The normalized spacial score (nSPS) is 18.5. The van der Waals surface area contributed by atoms with Crippen molar-refractivity contribution in [2.45, 2.75) is 71.1 Å². The van der Waals surface area contributed by atoms with Crippen LogP contribution < -0.4 is 0 Å². The summed E-state index contributed by atoms with van der Waals surface area (Å²) < 4.78 is 44.1. The maximum Gasteiger partial charge on any atom is 0.166 e. The number of benzene rings is 3. The highest BCUT2D eigenvalue weighted by atomic mass is 19.2. The first-order valence-corrected chi connectivity index (χ1v) is 12.3. The van der Waals surface area contributed by atoms with Gasteiger partial charge < -0.3 is 0 Å². The van der Waals surface area contributed by atoms with Gasteiger partial charge in [-0.05, 0) is 91.2 Å². The first-order chi connectivity index (χ1) is 16.0. The van der Waals surface area contributed by atoms with Crippen molar-refractivity contribution in [1.82, 2.24) is 0 Å². The van der Waals surface area contributed by atoms with E-state index < -0.39 is 11.6 Å². The average molecular weight is 451 g/mol. The maximum atomic E-state index is 15.0. The van der Waals surface area contributed by atoms with Gasteiger partial charge in [-0.15, -0.1) is 0 Å². The van der Waals surface area contributed by atoms with Crippen LogP contribution in [0.1, 0.15) is 73.6 Å². The number of halogens is 3. The lowest BCUT2D eigenvalue weighted by Crippen LogP contribution is -2.14. The van der Waals surface area contributed by atoms with Gasteiger partial charge in [0.2, 0.25) is 0 Å². The van der Waals surface area contributed by atoms with Gasteiger partial charge in [0.05, 0.1) is 0 Å². The predicted molar refractivity (Wildman–Crippen MR) is 130 cm³/mol. The number of hydrogen-bond acceptors (Lipinski definition) is 0. The Bertz CT molecular complexity index is 1080. The molecule has 1 aliphatic rings. The van der Waals surface area contributed by atoms with E-state index in [2.05, 4.69) is 6.92 Å². The lowest BCUT2D eigenvalue weighted by Gasteiger charge is -2.29. The van der Waals surface area contributed by atoms with Crippen molar-refractivity contribution in [2.24, 2.45) is 5.92 Å². The van der Waals surface area contributed by atoms with E-state index in [4.69, 9.17) is 0 Å². The van der Waals surface area contributed by atoms with Crippen LogP contribution in [0.15, 0.2) is 54.6 Å². The third-order valence-corrected chi connectivity index (χ3v) is 7.25. The van der Waals surface area contributed by atoms with Crippen LogP contribution >= 0.6 is 0 Å². The second-order valence-electron chi connectivity index (χ2n) is 9.63. The molecule has 33 heavy (non-hydrogen) atoms. The standard InChI is InChI=1S/C30H33F3/c1-3-4-21-6-12-23(13-7-21)26-17-18-27(30(33)29(26)32)24-14-8-22(9-15-24)10-16-25-11-5-20(2)19-28(25)31/h5,8-9,11,14-15,17-19,21,23H,3-4,6-7,10,12-13,16H2,1-2H3. The van der Waals surface area contributed by atoms with E-state index in [1.54, 1.807) is 18.2 Å². The van der Waals surface area contributed by atoms with Crippen LogP contribution in [0, 0.1) is 30.3 Å². The SMILES string of the molecule is CCCC1CCC(c2ccc(-c3ccc(CCc4ccc(C)cc4F)cc3)c(F)c2F)CC1. The van der Waals surface area contributed by atoms with Crippen LogP contribution in [0.3, 0.4) is 0 Å². The molecule has 0 nitrogen and oxygen atoms in total. The third-order valence-electron chi connectivity index (χ3n) is 7.25. The van der Waals surface area contributed by atoms with Crippen LogP contribution in [-0.4, -0.2) is 0 Å². The zero-order valence-corrected chi connectivity index (χ0v) is 19.6. The summed E-state index contributed by atoms with van der Waals surface area (Å²) in [5.41, 5.74) is 4.13. The molecule has 1 fully saturated rings. The Labute approximate surface area is 195 Å². The van der Waals surface area contributed by atoms with Crippen molar-refractivity contribution >= 4 is 0 Å². The first-order valence-electron chi connectivity index (χ1n) is 12.3. The number of aryl methyl sites for hydroxylation is 3. The predicted octanol–water partition coefficient (Wildman–Crippen LogP) is 8.94. The maximum absolute atomic E-state index is 15.0. The molecule has 4 rings (SSSR count). The number of rotatable bonds is 7. The molecular formula is C30H33F3. The molecule has 1 aliphatic carbocycles. The fourth-order valence-electron chi connectivity index (χ4n) is 5.26. The molecule has 0 bridgehead atoms. The molecule has 174 valence electrons. The fraction of sp³-hybridized carbons (Fsp3) is 0.400. The molecule has 0 spiro atoms. The van der Waals surface area contributed by atoms with E-state index in [-0.39, 0.29) is 11.7 Å². The Morgan fingerprint density at radius 1 is 0.788 bits per heavy atom. The third kappa shape index (κ3) is 5.51. The summed E-state index contributed by atoms with van der Waals surface area (Å²) in [7, 11) is 0. The smallest absolute Gasteiger partial charge is 0.166 e. The zero-order chi connectivity index (χ0) is 23.4. The molecule has 0 heterocycles. The van der Waals surface area contributed by atoms with E-state index in [1.165, 1.54) is 12.8 Å². The topological polar surface area (TPSA) is 0 Å².